The van der Waals surface area contributed by atoms with Crippen LogP contribution in [0.15, 0.2) is 60.7 Å². The molecule has 0 saturated carbocycles. The summed E-state index contributed by atoms with van der Waals surface area (Å²) in [5.41, 5.74) is 7.94. The molecule has 0 aliphatic heterocycles. The van der Waals surface area contributed by atoms with Crippen molar-refractivity contribution in [2.75, 3.05) is 13.1 Å². The molecule has 2 aromatic carbocycles. The molecule has 0 unspecified atom stereocenters. The summed E-state index contributed by atoms with van der Waals surface area (Å²) < 4.78 is 0. The van der Waals surface area contributed by atoms with Gasteiger partial charge < -0.3 is 11.1 Å². The average Bonchev–Trinajstić information content (AvgIpc) is 2.63. The van der Waals surface area contributed by atoms with Crippen molar-refractivity contribution in [2.24, 2.45) is 5.73 Å². The molecule has 0 atom stereocenters. The molecule has 0 heterocycles. The van der Waals surface area contributed by atoms with Crippen LogP contribution in [-0.4, -0.2) is 19.0 Å². The molecule has 3 N–H and O–H groups in total. The molecule has 0 spiro atoms. The van der Waals surface area contributed by atoms with Crippen molar-refractivity contribution in [3.05, 3.63) is 71.8 Å². The van der Waals surface area contributed by atoms with Gasteiger partial charge in [0.15, 0.2) is 0 Å². The first-order chi connectivity index (χ1) is 11.8. The highest BCUT2D eigenvalue weighted by molar-refractivity contribution is 5.85. The number of halogens is 1. The van der Waals surface area contributed by atoms with Crippen LogP contribution in [0.25, 0.3) is 0 Å². The maximum atomic E-state index is 12.1. The summed E-state index contributed by atoms with van der Waals surface area (Å²) in [6, 6.07) is 20.7. The number of carbonyl (C=O) groups excluding carboxylic acids is 1. The van der Waals surface area contributed by atoms with Gasteiger partial charge in [0.05, 0.1) is 0 Å². The molecule has 0 aliphatic rings. The van der Waals surface area contributed by atoms with Crippen LogP contribution in [0.3, 0.4) is 0 Å². The lowest BCUT2D eigenvalue weighted by Gasteiger charge is -2.19. The Labute approximate surface area is 157 Å². The number of nitrogens with two attached hydrogens (primary N) is 1. The van der Waals surface area contributed by atoms with Crippen LogP contribution < -0.4 is 11.1 Å². The number of unbranched alkanes of at least 4 members (excludes halogenated alkanes) is 3. The highest BCUT2D eigenvalue weighted by atomic mass is 35.5. The fraction of sp³-hybridized carbons (Fsp3) is 0.381. The first-order valence-electron chi connectivity index (χ1n) is 8.88. The third kappa shape index (κ3) is 7.72. The Bertz CT molecular complexity index is 550. The fourth-order valence-corrected chi connectivity index (χ4v) is 2.89. The Balaban J connectivity index is 0.00000312. The average molecular weight is 361 g/mol. The zero-order valence-corrected chi connectivity index (χ0v) is 15.5. The van der Waals surface area contributed by atoms with Crippen molar-refractivity contribution in [3.63, 3.8) is 0 Å². The van der Waals surface area contributed by atoms with E-state index in [0.29, 0.717) is 13.0 Å². The Morgan fingerprint density at radius 1 is 0.840 bits per heavy atom. The molecule has 2 aromatic rings. The molecule has 3 nitrogen and oxygen atoms in total. The number of amides is 1. The summed E-state index contributed by atoms with van der Waals surface area (Å²) in [6.07, 6.45) is 4.77. The number of carbonyl (C=O) groups is 1. The highest BCUT2D eigenvalue weighted by Crippen LogP contribution is 2.23. The predicted molar refractivity (Wildman–Crippen MR) is 107 cm³/mol. The molecule has 0 saturated heterocycles. The molecule has 1 amide bonds. The SMILES string of the molecule is Cl.NCCCCCCC(=O)NCC(c1ccccc1)c1ccccc1. The summed E-state index contributed by atoms with van der Waals surface area (Å²) in [7, 11) is 0. The zero-order valence-electron chi connectivity index (χ0n) is 14.7. The molecule has 0 bridgehead atoms. The van der Waals surface area contributed by atoms with Crippen LogP contribution in [0.1, 0.15) is 49.1 Å². The number of hydrogen-bond acceptors (Lipinski definition) is 2. The quantitative estimate of drug-likeness (QED) is 0.622. The van der Waals surface area contributed by atoms with Gasteiger partial charge in [-0.2, -0.15) is 0 Å². The monoisotopic (exact) mass is 360 g/mol. The second-order valence-electron chi connectivity index (χ2n) is 6.13. The molecule has 4 heteroatoms. The zero-order chi connectivity index (χ0) is 17.0. The number of benzene rings is 2. The predicted octanol–water partition coefficient (Wildman–Crippen LogP) is 4.27. The summed E-state index contributed by atoms with van der Waals surface area (Å²) in [5.74, 6) is 0.327. The first kappa shape index (κ1) is 21.2. The van der Waals surface area contributed by atoms with Gasteiger partial charge in [0.25, 0.3) is 0 Å². The normalized spacial score (nSPS) is 10.3. The van der Waals surface area contributed by atoms with Gasteiger partial charge in [0.1, 0.15) is 0 Å². The van der Waals surface area contributed by atoms with Crippen molar-refractivity contribution < 1.29 is 4.79 Å². The van der Waals surface area contributed by atoms with E-state index < -0.39 is 0 Å². The van der Waals surface area contributed by atoms with Gasteiger partial charge in [0.2, 0.25) is 5.91 Å². The molecule has 2 rings (SSSR count). The minimum Gasteiger partial charge on any atom is -0.355 e. The van der Waals surface area contributed by atoms with E-state index in [4.69, 9.17) is 5.73 Å². The van der Waals surface area contributed by atoms with Crippen LogP contribution in [0.5, 0.6) is 0 Å². The fourth-order valence-electron chi connectivity index (χ4n) is 2.89. The van der Waals surface area contributed by atoms with Crippen molar-refractivity contribution in [1.29, 1.82) is 0 Å². The Morgan fingerprint density at radius 3 is 1.88 bits per heavy atom. The molecule has 25 heavy (non-hydrogen) atoms. The topological polar surface area (TPSA) is 55.1 Å². The molecule has 0 aliphatic carbocycles. The largest absolute Gasteiger partial charge is 0.355 e. The van der Waals surface area contributed by atoms with E-state index >= 15 is 0 Å². The number of rotatable bonds is 10. The van der Waals surface area contributed by atoms with Crippen LogP contribution >= 0.6 is 12.4 Å². The van der Waals surface area contributed by atoms with E-state index in [1.807, 2.05) is 36.4 Å². The lowest BCUT2D eigenvalue weighted by molar-refractivity contribution is -0.121. The van der Waals surface area contributed by atoms with Crippen molar-refractivity contribution >= 4 is 18.3 Å². The first-order valence-corrected chi connectivity index (χ1v) is 8.88. The molecular formula is C21H29ClN2O. The molecule has 0 aromatic heterocycles. The smallest absolute Gasteiger partial charge is 0.220 e. The van der Waals surface area contributed by atoms with E-state index in [1.54, 1.807) is 0 Å². The van der Waals surface area contributed by atoms with Gasteiger partial charge in [-0.15, -0.1) is 12.4 Å². The lowest BCUT2D eigenvalue weighted by Crippen LogP contribution is -2.28. The number of hydrogen-bond donors (Lipinski definition) is 2. The van der Waals surface area contributed by atoms with Gasteiger partial charge in [-0.05, 0) is 30.5 Å². The minimum absolute atomic E-state index is 0. The summed E-state index contributed by atoms with van der Waals surface area (Å²) in [6.45, 7) is 1.37. The van der Waals surface area contributed by atoms with E-state index in [1.165, 1.54) is 11.1 Å². The molecule has 0 radical (unpaired) electrons. The van der Waals surface area contributed by atoms with Crippen LogP contribution in [0.2, 0.25) is 0 Å². The van der Waals surface area contributed by atoms with Crippen molar-refractivity contribution in [2.45, 2.75) is 38.0 Å². The van der Waals surface area contributed by atoms with Gasteiger partial charge in [-0.1, -0.05) is 73.5 Å². The van der Waals surface area contributed by atoms with Crippen LogP contribution in [-0.2, 0) is 4.79 Å². The molecular weight excluding hydrogens is 332 g/mol. The van der Waals surface area contributed by atoms with Crippen molar-refractivity contribution in [3.8, 4) is 0 Å². The third-order valence-corrected chi connectivity index (χ3v) is 4.27. The van der Waals surface area contributed by atoms with E-state index in [0.717, 1.165) is 32.2 Å². The highest BCUT2D eigenvalue weighted by Gasteiger charge is 2.14. The number of nitrogens with one attached hydrogen (secondary N) is 1. The second kappa shape index (κ2) is 12.5. The van der Waals surface area contributed by atoms with Crippen LogP contribution in [0, 0.1) is 0 Å². The summed E-state index contributed by atoms with van der Waals surface area (Å²) >= 11 is 0. The van der Waals surface area contributed by atoms with Crippen LogP contribution in [0.4, 0.5) is 0 Å². The maximum absolute atomic E-state index is 12.1. The Morgan fingerprint density at radius 2 is 1.36 bits per heavy atom. The van der Waals surface area contributed by atoms with Crippen molar-refractivity contribution in [1.82, 2.24) is 5.32 Å². The summed E-state index contributed by atoms with van der Waals surface area (Å²) in [4.78, 5) is 12.1. The molecule has 136 valence electrons. The lowest BCUT2D eigenvalue weighted by atomic mass is 9.91. The summed E-state index contributed by atoms with van der Waals surface area (Å²) in [5, 5.41) is 3.11. The molecule has 0 fully saturated rings. The van der Waals surface area contributed by atoms with E-state index in [-0.39, 0.29) is 24.2 Å². The van der Waals surface area contributed by atoms with Gasteiger partial charge in [-0.25, -0.2) is 0 Å². The Kier molecular flexibility index (Phi) is 10.6. The Hall–Kier alpha value is -1.84. The standard InChI is InChI=1S/C21H28N2O.ClH/c22-16-10-2-1-9-15-21(24)23-17-20(18-11-5-3-6-12-18)19-13-7-4-8-14-19;/h3-8,11-14,20H,1-2,9-10,15-17,22H2,(H,23,24);1H. The third-order valence-electron chi connectivity index (χ3n) is 4.27. The van der Waals surface area contributed by atoms with Gasteiger partial charge >= 0.3 is 0 Å². The van der Waals surface area contributed by atoms with Gasteiger partial charge in [0, 0.05) is 18.9 Å². The second-order valence-corrected chi connectivity index (χ2v) is 6.13. The van der Waals surface area contributed by atoms with E-state index in [2.05, 4.69) is 29.6 Å². The maximum Gasteiger partial charge on any atom is 0.220 e. The van der Waals surface area contributed by atoms with Gasteiger partial charge in [-0.3, -0.25) is 4.79 Å². The van der Waals surface area contributed by atoms with E-state index in [9.17, 15) is 4.79 Å². The minimum atomic E-state index is 0.